The molecule has 4 rings (SSSR count). The van der Waals surface area contributed by atoms with Gasteiger partial charge in [0.15, 0.2) is 5.78 Å². The molecule has 4 heteroatoms. The Balaban J connectivity index is 1.72. The summed E-state index contributed by atoms with van der Waals surface area (Å²) in [5.41, 5.74) is 3.06. The van der Waals surface area contributed by atoms with E-state index in [1.54, 1.807) is 0 Å². The molecule has 1 atom stereocenters. The van der Waals surface area contributed by atoms with Crippen LogP contribution >= 0.6 is 0 Å². The van der Waals surface area contributed by atoms with Crippen LogP contribution in [0.5, 0.6) is 0 Å². The molecule has 0 bridgehead atoms. The average molecular weight is 304 g/mol. The first-order valence-corrected chi connectivity index (χ1v) is 7.68. The Kier molecular flexibility index (Phi) is 3.23. The minimum atomic E-state index is -0.0679. The van der Waals surface area contributed by atoms with Gasteiger partial charge in [-0.25, -0.2) is 4.98 Å². The monoisotopic (exact) mass is 304 g/mol. The zero-order chi connectivity index (χ0) is 15.8. The van der Waals surface area contributed by atoms with Crippen LogP contribution < -0.4 is 0 Å². The maximum Gasteiger partial charge on any atom is 0.170 e. The van der Waals surface area contributed by atoms with Crippen LogP contribution in [0, 0.1) is 0 Å². The van der Waals surface area contributed by atoms with E-state index in [0.29, 0.717) is 24.2 Å². The second-order valence-electron chi connectivity index (χ2n) is 5.86. The van der Waals surface area contributed by atoms with Crippen LogP contribution in [0.2, 0.25) is 0 Å². The molecule has 0 saturated heterocycles. The number of benzene rings is 2. The Bertz CT molecular complexity index is 876. The maximum atomic E-state index is 12.6. The van der Waals surface area contributed by atoms with E-state index in [0.717, 1.165) is 16.6 Å². The van der Waals surface area contributed by atoms with E-state index in [2.05, 4.69) is 9.97 Å². The minimum Gasteiger partial charge on any atom is -0.511 e. The van der Waals surface area contributed by atoms with Gasteiger partial charge in [0, 0.05) is 12.8 Å². The van der Waals surface area contributed by atoms with Crippen LogP contribution in [-0.2, 0) is 4.79 Å². The highest BCUT2D eigenvalue weighted by Gasteiger charge is 2.31. The molecule has 1 heterocycles. The number of ketones is 1. The number of carbonyl (C=O) groups is 1. The molecule has 1 unspecified atom stereocenters. The van der Waals surface area contributed by atoms with Gasteiger partial charge in [-0.3, -0.25) is 4.79 Å². The van der Waals surface area contributed by atoms with Crippen molar-refractivity contribution in [1.82, 2.24) is 9.97 Å². The summed E-state index contributed by atoms with van der Waals surface area (Å²) in [6.07, 6.45) is 0.850. The Morgan fingerprint density at radius 3 is 2.48 bits per heavy atom. The normalized spacial score (nSPS) is 18.6. The molecule has 0 radical (unpaired) electrons. The second kappa shape index (κ2) is 5.39. The molecule has 0 fully saturated rings. The molecule has 3 aromatic rings. The first-order valence-electron chi connectivity index (χ1n) is 7.68. The number of nitrogens with one attached hydrogen (secondary N) is 1. The third-order valence-electron chi connectivity index (χ3n) is 4.34. The number of nitrogens with zero attached hydrogens (tertiary/aromatic N) is 1. The van der Waals surface area contributed by atoms with Crippen molar-refractivity contribution in [3.8, 4) is 0 Å². The number of para-hydroxylation sites is 2. The summed E-state index contributed by atoms with van der Waals surface area (Å²) in [6, 6.07) is 17.4. The number of fused-ring (bicyclic) bond motifs is 1. The number of aliphatic hydroxyl groups excluding tert-OH is 1. The van der Waals surface area contributed by atoms with Crippen molar-refractivity contribution < 1.29 is 9.90 Å². The fourth-order valence-corrected chi connectivity index (χ4v) is 3.20. The molecule has 4 nitrogen and oxygen atoms in total. The molecular formula is C19H16N2O2. The van der Waals surface area contributed by atoms with Crippen LogP contribution in [-0.4, -0.2) is 20.9 Å². The van der Waals surface area contributed by atoms with Gasteiger partial charge in [0.2, 0.25) is 0 Å². The van der Waals surface area contributed by atoms with Crippen molar-refractivity contribution in [2.75, 3.05) is 0 Å². The smallest absolute Gasteiger partial charge is 0.170 e. The number of aliphatic hydroxyl groups is 1. The maximum absolute atomic E-state index is 12.6. The van der Waals surface area contributed by atoms with Crippen LogP contribution in [0.3, 0.4) is 0 Å². The number of aromatic nitrogens is 2. The second-order valence-corrected chi connectivity index (χ2v) is 5.86. The van der Waals surface area contributed by atoms with Crippen LogP contribution in [0.25, 0.3) is 16.6 Å². The Morgan fingerprint density at radius 2 is 1.74 bits per heavy atom. The number of H-pyrrole nitrogens is 1. The summed E-state index contributed by atoms with van der Waals surface area (Å²) >= 11 is 0. The SMILES string of the molecule is O=C1CC(c2ccccc2)CC(O)=C1c1nc2ccccc2[nH]1. The number of aromatic amines is 1. The summed E-state index contributed by atoms with van der Waals surface area (Å²) < 4.78 is 0. The summed E-state index contributed by atoms with van der Waals surface area (Å²) in [7, 11) is 0. The number of Topliss-reactive ketones (excluding diaryl/α,β-unsaturated/α-hetero) is 1. The summed E-state index contributed by atoms with van der Waals surface area (Å²) in [4.78, 5) is 20.2. The highest BCUT2D eigenvalue weighted by atomic mass is 16.3. The van der Waals surface area contributed by atoms with Crippen LogP contribution in [0.1, 0.15) is 30.1 Å². The predicted octanol–water partition coefficient (Wildman–Crippen LogP) is 3.98. The van der Waals surface area contributed by atoms with Gasteiger partial charge < -0.3 is 10.1 Å². The fourth-order valence-electron chi connectivity index (χ4n) is 3.20. The average Bonchev–Trinajstić information content (AvgIpc) is 2.98. The molecule has 0 saturated carbocycles. The lowest BCUT2D eigenvalue weighted by atomic mass is 9.82. The van der Waals surface area contributed by atoms with Crippen molar-refractivity contribution in [3.05, 3.63) is 71.7 Å². The third kappa shape index (κ3) is 2.42. The van der Waals surface area contributed by atoms with Crippen molar-refractivity contribution in [2.24, 2.45) is 0 Å². The molecule has 1 aliphatic carbocycles. The van der Waals surface area contributed by atoms with E-state index in [1.165, 1.54) is 0 Å². The zero-order valence-electron chi connectivity index (χ0n) is 12.5. The molecular weight excluding hydrogens is 288 g/mol. The van der Waals surface area contributed by atoms with Gasteiger partial charge in [-0.2, -0.15) is 0 Å². The van der Waals surface area contributed by atoms with E-state index >= 15 is 0 Å². The van der Waals surface area contributed by atoms with E-state index < -0.39 is 0 Å². The number of rotatable bonds is 2. The molecule has 1 aromatic heterocycles. The summed E-state index contributed by atoms with van der Waals surface area (Å²) in [6.45, 7) is 0. The summed E-state index contributed by atoms with van der Waals surface area (Å²) in [5.74, 6) is 0.535. The van der Waals surface area contributed by atoms with E-state index in [4.69, 9.17) is 0 Å². The van der Waals surface area contributed by atoms with Gasteiger partial charge in [0.05, 0.1) is 16.6 Å². The number of hydrogen-bond acceptors (Lipinski definition) is 3. The molecule has 0 spiro atoms. The fraction of sp³-hybridized carbons (Fsp3) is 0.158. The van der Waals surface area contributed by atoms with Crippen molar-refractivity contribution in [3.63, 3.8) is 0 Å². The highest BCUT2D eigenvalue weighted by molar-refractivity contribution is 6.21. The first-order chi connectivity index (χ1) is 11.2. The number of allylic oxidation sites excluding steroid dienone is 2. The first kappa shape index (κ1) is 13.8. The number of hydrogen-bond donors (Lipinski definition) is 2. The van der Waals surface area contributed by atoms with Crippen molar-refractivity contribution >= 4 is 22.4 Å². The molecule has 2 N–H and O–H groups in total. The molecule has 114 valence electrons. The van der Waals surface area contributed by atoms with Gasteiger partial charge in [0.1, 0.15) is 11.6 Å². The third-order valence-corrected chi connectivity index (χ3v) is 4.34. The lowest BCUT2D eigenvalue weighted by Crippen LogP contribution is -2.18. The minimum absolute atomic E-state index is 0.0248. The number of carbonyl (C=O) groups excluding carboxylic acids is 1. The van der Waals surface area contributed by atoms with Crippen molar-refractivity contribution in [1.29, 1.82) is 0 Å². The molecule has 0 amide bonds. The molecule has 0 aliphatic heterocycles. The number of imidazole rings is 1. The molecule has 23 heavy (non-hydrogen) atoms. The van der Waals surface area contributed by atoms with Crippen LogP contribution in [0.15, 0.2) is 60.4 Å². The van der Waals surface area contributed by atoms with Crippen molar-refractivity contribution in [2.45, 2.75) is 18.8 Å². The Labute approximate surface area is 133 Å². The standard InChI is InChI=1S/C19H16N2O2/c22-16-10-13(12-6-2-1-3-7-12)11-17(23)18(16)19-20-14-8-4-5-9-15(14)21-19/h1-9,13,22H,10-11H2,(H,20,21). The topological polar surface area (TPSA) is 66.0 Å². The lowest BCUT2D eigenvalue weighted by molar-refractivity contribution is -0.114. The van der Waals surface area contributed by atoms with Gasteiger partial charge in [-0.05, 0) is 23.6 Å². The Morgan fingerprint density at radius 1 is 1.00 bits per heavy atom. The molecule has 1 aliphatic rings. The van der Waals surface area contributed by atoms with E-state index in [-0.39, 0.29) is 17.5 Å². The lowest BCUT2D eigenvalue weighted by Gasteiger charge is -2.22. The van der Waals surface area contributed by atoms with Gasteiger partial charge >= 0.3 is 0 Å². The Hall–Kier alpha value is -2.88. The summed E-state index contributed by atoms with van der Waals surface area (Å²) in [5, 5.41) is 10.4. The highest BCUT2D eigenvalue weighted by Crippen LogP contribution is 2.36. The predicted molar refractivity (Wildman–Crippen MR) is 89.1 cm³/mol. The molecule has 2 aromatic carbocycles. The van der Waals surface area contributed by atoms with E-state index in [9.17, 15) is 9.90 Å². The van der Waals surface area contributed by atoms with Gasteiger partial charge in [-0.15, -0.1) is 0 Å². The van der Waals surface area contributed by atoms with Crippen LogP contribution in [0.4, 0.5) is 0 Å². The largest absolute Gasteiger partial charge is 0.511 e. The van der Waals surface area contributed by atoms with Gasteiger partial charge in [0.25, 0.3) is 0 Å². The van der Waals surface area contributed by atoms with Gasteiger partial charge in [-0.1, -0.05) is 42.5 Å². The quantitative estimate of drug-likeness (QED) is 0.752. The van der Waals surface area contributed by atoms with E-state index in [1.807, 2.05) is 54.6 Å². The zero-order valence-corrected chi connectivity index (χ0v) is 12.5.